The predicted molar refractivity (Wildman–Crippen MR) is 120 cm³/mol. The third-order valence-corrected chi connectivity index (χ3v) is 5.94. The van der Waals surface area contributed by atoms with E-state index in [0.717, 1.165) is 36.1 Å². The van der Waals surface area contributed by atoms with E-state index in [-0.39, 0.29) is 24.7 Å². The largest absolute Gasteiger partial charge is 0.507 e. The predicted octanol–water partition coefficient (Wildman–Crippen LogP) is 5.52. The van der Waals surface area contributed by atoms with E-state index in [4.69, 9.17) is 0 Å². The number of ether oxygens (including phenoxy) is 1. The first kappa shape index (κ1) is 27.1. The first-order valence-electron chi connectivity index (χ1n) is 11.2. The molecule has 0 aliphatic heterocycles. The Hall–Kier alpha value is -3.17. The van der Waals surface area contributed by atoms with Gasteiger partial charge in [-0.05, 0) is 64.0 Å². The summed E-state index contributed by atoms with van der Waals surface area (Å²) in [6.07, 6.45) is 5.26. The summed E-state index contributed by atoms with van der Waals surface area (Å²) < 4.78 is 34.1. The Labute approximate surface area is 197 Å². The molecule has 2 N–H and O–H groups in total. The quantitative estimate of drug-likeness (QED) is 0.132. The van der Waals surface area contributed by atoms with Crippen LogP contribution in [-0.4, -0.2) is 34.5 Å². The van der Waals surface area contributed by atoms with Gasteiger partial charge in [-0.3, -0.25) is 0 Å². The summed E-state index contributed by atoms with van der Waals surface area (Å²) in [7, 11) is 0. The van der Waals surface area contributed by atoms with Gasteiger partial charge in [0.1, 0.15) is 11.5 Å². The molecule has 2 rings (SSSR count). The van der Waals surface area contributed by atoms with Gasteiger partial charge in [0.05, 0.1) is 13.2 Å². The minimum Gasteiger partial charge on any atom is -0.507 e. The van der Waals surface area contributed by atoms with Crippen molar-refractivity contribution in [2.24, 2.45) is 5.92 Å². The van der Waals surface area contributed by atoms with Crippen LogP contribution >= 0.6 is 0 Å². The van der Waals surface area contributed by atoms with Crippen molar-refractivity contribution < 1.29 is 38.4 Å². The van der Waals surface area contributed by atoms with Crippen LogP contribution in [0.5, 0.6) is 11.5 Å². The standard InChI is InChI=1S/C24H31F2NO7/c1-15(2)18-9-8-16(3)12-19(18)22-20(28)13-17(14-21(22)29)24(25,26)23(30)33-10-6-4-5-7-11-34-27(31)32/h12-14,18-19,28-29H,1,4-11H2,2-3H3/t18-,19+/m0/s1. The lowest BCUT2D eigenvalue weighted by Gasteiger charge is -2.31. The smallest absolute Gasteiger partial charge is 0.381 e. The van der Waals surface area contributed by atoms with Crippen LogP contribution in [0.1, 0.15) is 69.4 Å². The number of unbranched alkanes of at least 4 members (excludes halogenated alkanes) is 3. The van der Waals surface area contributed by atoms with Gasteiger partial charge in [-0.25, -0.2) is 4.79 Å². The van der Waals surface area contributed by atoms with Crippen LogP contribution in [0.15, 0.2) is 35.9 Å². The molecular weight excluding hydrogens is 452 g/mol. The van der Waals surface area contributed by atoms with Crippen molar-refractivity contribution in [3.05, 3.63) is 57.2 Å². The Morgan fingerprint density at radius 2 is 1.79 bits per heavy atom. The number of benzene rings is 1. The fourth-order valence-electron chi connectivity index (χ4n) is 4.12. The number of hydrogen-bond donors (Lipinski definition) is 2. The van der Waals surface area contributed by atoms with Crippen molar-refractivity contribution in [3.8, 4) is 11.5 Å². The lowest BCUT2D eigenvalue weighted by Crippen LogP contribution is -2.28. The molecule has 0 heterocycles. The van der Waals surface area contributed by atoms with Crippen molar-refractivity contribution in [1.29, 1.82) is 0 Å². The second-order valence-corrected chi connectivity index (χ2v) is 8.64. The van der Waals surface area contributed by atoms with Crippen LogP contribution < -0.4 is 0 Å². The van der Waals surface area contributed by atoms with Crippen molar-refractivity contribution >= 4 is 5.97 Å². The lowest BCUT2D eigenvalue weighted by atomic mass is 9.73. The molecule has 1 aromatic carbocycles. The maximum absolute atomic E-state index is 14.7. The average molecular weight is 484 g/mol. The van der Waals surface area contributed by atoms with Crippen LogP contribution in [0.4, 0.5) is 8.78 Å². The third-order valence-electron chi connectivity index (χ3n) is 5.94. The number of rotatable bonds is 12. The first-order chi connectivity index (χ1) is 15.9. The van der Waals surface area contributed by atoms with E-state index in [2.05, 4.69) is 16.2 Å². The minimum atomic E-state index is -4.07. The summed E-state index contributed by atoms with van der Waals surface area (Å²) in [6.45, 7) is 7.43. The van der Waals surface area contributed by atoms with E-state index in [1.54, 1.807) is 0 Å². The molecule has 10 heteroatoms. The molecule has 1 aliphatic rings. The number of esters is 1. The average Bonchev–Trinajstić information content (AvgIpc) is 2.74. The van der Waals surface area contributed by atoms with Gasteiger partial charge in [-0.15, -0.1) is 10.1 Å². The maximum atomic E-state index is 14.7. The number of aromatic hydroxyl groups is 2. The van der Waals surface area contributed by atoms with Gasteiger partial charge >= 0.3 is 11.9 Å². The maximum Gasteiger partial charge on any atom is 0.381 e. The van der Waals surface area contributed by atoms with Gasteiger partial charge in [0.25, 0.3) is 5.09 Å². The topological polar surface area (TPSA) is 119 Å². The van der Waals surface area contributed by atoms with Crippen LogP contribution in [0.3, 0.4) is 0 Å². The molecule has 0 fully saturated rings. The molecule has 0 unspecified atom stereocenters. The zero-order valence-corrected chi connectivity index (χ0v) is 19.4. The third kappa shape index (κ3) is 6.91. The van der Waals surface area contributed by atoms with Crippen LogP contribution in [0.2, 0.25) is 0 Å². The number of allylic oxidation sites excluding steroid dienone is 3. The van der Waals surface area contributed by atoms with E-state index in [9.17, 15) is 33.9 Å². The van der Waals surface area contributed by atoms with Crippen molar-refractivity contribution in [2.75, 3.05) is 13.2 Å². The van der Waals surface area contributed by atoms with Gasteiger partial charge in [0.15, 0.2) is 0 Å². The fourth-order valence-corrected chi connectivity index (χ4v) is 4.12. The molecule has 34 heavy (non-hydrogen) atoms. The zero-order chi connectivity index (χ0) is 25.5. The van der Waals surface area contributed by atoms with Gasteiger partial charge in [-0.1, -0.05) is 30.2 Å². The van der Waals surface area contributed by atoms with Crippen molar-refractivity contribution in [2.45, 2.75) is 64.2 Å². The van der Waals surface area contributed by atoms with E-state index in [0.29, 0.717) is 25.7 Å². The first-order valence-corrected chi connectivity index (χ1v) is 11.2. The number of carbonyl (C=O) groups is 1. The molecule has 8 nitrogen and oxygen atoms in total. The van der Waals surface area contributed by atoms with Crippen molar-refractivity contribution in [1.82, 2.24) is 0 Å². The van der Waals surface area contributed by atoms with Gasteiger partial charge < -0.3 is 19.8 Å². The Morgan fingerprint density at radius 3 is 2.35 bits per heavy atom. The highest BCUT2D eigenvalue weighted by Gasteiger charge is 2.44. The molecule has 0 saturated carbocycles. The molecule has 2 atom stereocenters. The van der Waals surface area contributed by atoms with Gasteiger partial charge in [0, 0.05) is 17.0 Å². The van der Waals surface area contributed by atoms with Crippen LogP contribution in [0, 0.1) is 16.0 Å². The summed E-state index contributed by atoms with van der Waals surface area (Å²) >= 11 is 0. The molecule has 0 radical (unpaired) electrons. The molecule has 188 valence electrons. The summed E-state index contributed by atoms with van der Waals surface area (Å²) in [4.78, 5) is 26.2. The normalized spacial score (nSPS) is 18.2. The summed E-state index contributed by atoms with van der Waals surface area (Å²) in [5.41, 5.74) is 1.18. The Bertz CT molecular complexity index is 922. The minimum absolute atomic E-state index is 0.0584. The number of carbonyl (C=O) groups excluding carboxylic acids is 1. The molecule has 1 aromatic rings. The number of nitrogens with zero attached hydrogens (tertiary/aromatic N) is 1. The number of alkyl halides is 2. The number of hydrogen-bond acceptors (Lipinski definition) is 7. The van der Waals surface area contributed by atoms with Gasteiger partial charge in [0.2, 0.25) is 0 Å². The highest BCUT2D eigenvalue weighted by atomic mass is 19.3. The summed E-state index contributed by atoms with van der Waals surface area (Å²) in [5, 5.41) is 30.2. The van der Waals surface area contributed by atoms with Gasteiger partial charge in [-0.2, -0.15) is 8.78 Å². The van der Waals surface area contributed by atoms with E-state index >= 15 is 0 Å². The number of halogens is 2. The zero-order valence-electron chi connectivity index (χ0n) is 19.4. The van der Waals surface area contributed by atoms with E-state index in [1.165, 1.54) is 0 Å². The fraction of sp³-hybridized carbons (Fsp3) is 0.542. The lowest BCUT2D eigenvalue weighted by molar-refractivity contribution is -0.757. The number of phenolic OH excluding ortho intramolecular Hbond substituents is 2. The summed E-state index contributed by atoms with van der Waals surface area (Å²) in [5.74, 6) is -7.40. The second-order valence-electron chi connectivity index (χ2n) is 8.64. The molecule has 0 aromatic heterocycles. The Balaban J connectivity index is 2.04. The Kier molecular flexibility index (Phi) is 9.40. The second kappa shape index (κ2) is 11.8. The highest BCUT2D eigenvalue weighted by Crippen LogP contribution is 2.47. The van der Waals surface area contributed by atoms with Crippen LogP contribution in [-0.2, 0) is 20.3 Å². The van der Waals surface area contributed by atoms with Crippen molar-refractivity contribution in [3.63, 3.8) is 0 Å². The molecule has 0 bridgehead atoms. The molecular formula is C24H31F2NO7. The van der Waals surface area contributed by atoms with Crippen LogP contribution in [0.25, 0.3) is 0 Å². The monoisotopic (exact) mass is 483 g/mol. The van der Waals surface area contributed by atoms with E-state index < -0.39 is 40.0 Å². The summed E-state index contributed by atoms with van der Waals surface area (Å²) in [6, 6.07) is 1.58. The molecule has 0 amide bonds. The molecule has 0 spiro atoms. The van der Waals surface area contributed by atoms with E-state index in [1.807, 2.05) is 19.9 Å². The molecule has 1 aliphatic carbocycles. The SMILES string of the molecule is C=C(C)[C@@H]1CCC(C)=C[C@H]1c1c(O)cc(C(F)(F)C(=O)OCCCCCCO[N+](=O)[O-])cc1O. The molecule has 0 saturated heterocycles. The highest BCUT2D eigenvalue weighted by molar-refractivity contribution is 5.80. The Morgan fingerprint density at radius 1 is 1.21 bits per heavy atom. The number of phenols is 2.